The molecule has 0 saturated carbocycles. The van der Waals surface area contributed by atoms with E-state index < -0.39 is 11.7 Å². The third kappa shape index (κ3) is 4.00. The van der Waals surface area contributed by atoms with E-state index in [1.807, 2.05) is 0 Å². The van der Waals surface area contributed by atoms with Gasteiger partial charge < -0.3 is 10.2 Å². The smallest absolute Gasteiger partial charge is 0.251 e. The van der Waals surface area contributed by atoms with Crippen LogP contribution < -0.4 is 10.2 Å². The molecular formula is C20H18F4N4. The van der Waals surface area contributed by atoms with E-state index in [0.29, 0.717) is 23.3 Å². The number of piperidine rings is 1. The Morgan fingerprint density at radius 2 is 1.61 bits per heavy atom. The summed E-state index contributed by atoms with van der Waals surface area (Å²) in [7, 11) is 0. The van der Waals surface area contributed by atoms with Crippen molar-refractivity contribution in [3.63, 3.8) is 0 Å². The number of fused-ring (bicyclic) bond motifs is 1. The second kappa shape index (κ2) is 7.26. The molecule has 4 nitrogen and oxygen atoms in total. The number of hydrogen-bond acceptors (Lipinski definition) is 4. The van der Waals surface area contributed by atoms with E-state index in [0.717, 1.165) is 5.56 Å². The molecule has 2 heterocycles. The molecule has 1 aromatic heterocycles. The highest BCUT2D eigenvalue weighted by atomic mass is 19.3. The van der Waals surface area contributed by atoms with Crippen LogP contribution in [0.2, 0.25) is 0 Å². The largest absolute Gasteiger partial charge is 0.365 e. The van der Waals surface area contributed by atoms with Gasteiger partial charge in [-0.05, 0) is 29.8 Å². The van der Waals surface area contributed by atoms with Gasteiger partial charge in [-0.15, -0.1) is 0 Å². The van der Waals surface area contributed by atoms with E-state index in [4.69, 9.17) is 0 Å². The summed E-state index contributed by atoms with van der Waals surface area (Å²) in [5.74, 6) is -2.68. The van der Waals surface area contributed by atoms with E-state index >= 15 is 0 Å². The summed E-state index contributed by atoms with van der Waals surface area (Å²) in [6, 6.07) is 10.2. The Balaban J connectivity index is 1.64. The Morgan fingerprint density at radius 1 is 0.929 bits per heavy atom. The van der Waals surface area contributed by atoms with Crippen molar-refractivity contribution in [1.82, 2.24) is 9.97 Å². The average Bonchev–Trinajstić information content (AvgIpc) is 2.66. The summed E-state index contributed by atoms with van der Waals surface area (Å²) < 4.78 is 53.7. The fourth-order valence-corrected chi connectivity index (χ4v) is 3.19. The fourth-order valence-electron chi connectivity index (χ4n) is 3.19. The van der Waals surface area contributed by atoms with Crippen LogP contribution in [-0.2, 0) is 6.54 Å². The van der Waals surface area contributed by atoms with Gasteiger partial charge in [-0.25, -0.2) is 22.5 Å². The molecular weight excluding hydrogens is 372 g/mol. The van der Waals surface area contributed by atoms with E-state index in [1.165, 1.54) is 24.3 Å². The van der Waals surface area contributed by atoms with E-state index in [1.54, 1.807) is 23.1 Å². The number of halogens is 4. The van der Waals surface area contributed by atoms with Crippen LogP contribution in [0.4, 0.5) is 29.3 Å². The second-order valence-corrected chi connectivity index (χ2v) is 6.86. The average molecular weight is 390 g/mol. The first kappa shape index (κ1) is 18.5. The number of alkyl halides is 2. The lowest BCUT2D eigenvalue weighted by Gasteiger charge is -2.32. The lowest BCUT2D eigenvalue weighted by molar-refractivity contribution is -0.0222. The van der Waals surface area contributed by atoms with E-state index in [9.17, 15) is 17.6 Å². The molecule has 0 bridgehead atoms. The van der Waals surface area contributed by atoms with Gasteiger partial charge in [0.1, 0.15) is 17.5 Å². The van der Waals surface area contributed by atoms with E-state index in [2.05, 4.69) is 15.3 Å². The van der Waals surface area contributed by atoms with Crippen molar-refractivity contribution in [2.75, 3.05) is 23.3 Å². The van der Waals surface area contributed by atoms with Gasteiger partial charge in [0.05, 0.1) is 5.52 Å². The Kier molecular flexibility index (Phi) is 4.78. The number of nitrogens with one attached hydrogen (secondary N) is 1. The molecule has 0 unspecified atom stereocenters. The molecule has 3 aromatic rings. The van der Waals surface area contributed by atoms with Gasteiger partial charge >= 0.3 is 0 Å². The van der Waals surface area contributed by atoms with Crippen LogP contribution in [0.15, 0.2) is 42.5 Å². The molecule has 1 fully saturated rings. The second-order valence-electron chi connectivity index (χ2n) is 6.86. The quantitative estimate of drug-likeness (QED) is 0.653. The summed E-state index contributed by atoms with van der Waals surface area (Å²) in [5.41, 5.74) is 1.23. The van der Waals surface area contributed by atoms with Crippen LogP contribution in [-0.4, -0.2) is 29.0 Å². The molecule has 8 heteroatoms. The maximum atomic E-state index is 13.7. The molecule has 0 aliphatic carbocycles. The predicted molar refractivity (Wildman–Crippen MR) is 99.6 cm³/mol. The molecule has 1 aliphatic heterocycles. The SMILES string of the molecule is Fc1ccc(CNc2nc(N3CCC(F)(F)CC3)nc3cc(F)ccc23)cc1. The molecule has 146 valence electrons. The van der Waals surface area contributed by atoms with Gasteiger partial charge in [0.15, 0.2) is 0 Å². The zero-order valence-corrected chi connectivity index (χ0v) is 14.9. The standard InChI is InChI=1S/C20H18F4N4/c21-14-3-1-13(2-4-14)12-25-18-16-6-5-15(22)11-17(16)26-19(27-18)28-9-7-20(23,24)8-10-28/h1-6,11H,7-10,12H2,(H,25,26,27). The maximum absolute atomic E-state index is 13.7. The number of nitrogens with zero attached hydrogens (tertiary/aromatic N) is 3. The normalized spacial score (nSPS) is 16.4. The van der Waals surface area contributed by atoms with Crippen LogP contribution in [0.5, 0.6) is 0 Å². The van der Waals surface area contributed by atoms with Crippen LogP contribution >= 0.6 is 0 Å². The third-order valence-electron chi connectivity index (χ3n) is 4.80. The van der Waals surface area contributed by atoms with Crippen molar-refractivity contribution >= 4 is 22.7 Å². The number of rotatable bonds is 4. The molecule has 0 amide bonds. The van der Waals surface area contributed by atoms with Crippen LogP contribution in [0.1, 0.15) is 18.4 Å². The first-order valence-electron chi connectivity index (χ1n) is 8.98. The predicted octanol–water partition coefficient (Wildman–Crippen LogP) is 4.76. The van der Waals surface area contributed by atoms with Crippen molar-refractivity contribution in [3.8, 4) is 0 Å². The van der Waals surface area contributed by atoms with Gasteiger partial charge in [0, 0.05) is 43.9 Å². The van der Waals surface area contributed by atoms with Gasteiger partial charge in [-0.2, -0.15) is 4.98 Å². The highest BCUT2D eigenvalue weighted by molar-refractivity contribution is 5.90. The first-order chi connectivity index (χ1) is 13.4. The Hall–Kier alpha value is -2.90. The van der Waals surface area contributed by atoms with E-state index in [-0.39, 0.29) is 37.7 Å². The van der Waals surface area contributed by atoms with Gasteiger partial charge in [-0.3, -0.25) is 0 Å². The van der Waals surface area contributed by atoms with Crippen molar-refractivity contribution in [1.29, 1.82) is 0 Å². The summed E-state index contributed by atoms with van der Waals surface area (Å²) in [4.78, 5) is 10.6. The molecule has 0 radical (unpaired) electrons. The summed E-state index contributed by atoms with van der Waals surface area (Å²) >= 11 is 0. The highest BCUT2D eigenvalue weighted by Gasteiger charge is 2.35. The minimum atomic E-state index is -2.68. The molecule has 2 aromatic carbocycles. The highest BCUT2D eigenvalue weighted by Crippen LogP contribution is 2.31. The molecule has 1 aliphatic rings. The van der Waals surface area contributed by atoms with Crippen LogP contribution in [0.25, 0.3) is 10.9 Å². The number of hydrogen-bond donors (Lipinski definition) is 1. The zero-order valence-electron chi connectivity index (χ0n) is 14.9. The molecule has 28 heavy (non-hydrogen) atoms. The van der Waals surface area contributed by atoms with Gasteiger partial charge in [-0.1, -0.05) is 12.1 Å². The lowest BCUT2D eigenvalue weighted by Crippen LogP contribution is -2.40. The Bertz CT molecular complexity index is 981. The Labute approximate surface area is 159 Å². The number of anilines is 2. The first-order valence-corrected chi connectivity index (χ1v) is 8.98. The van der Waals surface area contributed by atoms with Crippen molar-refractivity contribution in [2.24, 2.45) is 0 Å². The summed E-state index contributed by atoms with van der Waals surface area (Å²) in [6.07, 6.45) is -0.536. The molecule has 1 N–H and O–H groups in total. The lowest BCUT2D eigenvalue weighted by atomic mass is 10.1. The van der Waals surface area contributed by atoms with Crippen molar-refractivity contribution < 1.29 is 17.6 Å². The number of aromatic nitrogens is 2. The summed E-state index contributed by atoms with van der Waals surface area (Å²) in [5, 5.41) is 3.79. The van der Waals surface area contributed by atoms with Crippen LogP contribution in [0, 0.1) is 11.6 Å². The third-order valence-corrected chi connectivity index (χ3v) is 4.80. The zero-order chi connectivity index (χ0) is 19.7. The van der Waals surface area contributed by atoms with Gasteiger partial charge in [0.25, 0.3) is 5.92 Å². The van der Waals surface area contributed by atoms with Gasteiger partial charge in [0.2, 0.25) is 5.95 Å². The minimum Gasteiger partial charge on any atom is -0.365 e. The topological polar surface area (TPSA) is 41.1 Å². The Morgan fingerprint density at radius 3 is 2.32 bits per heavy atom. The summed E-state index contributed by atoms with van der Waals surface area (Å²) in [6.45, 7) is 0.637. The van der Waals surface area contributed by atoms with Crippen molar-refractivity contribution in [2.45, 2.75) is 25.3 Å². The van der Waals surface area contributed by atoms with Crippen molar-refractivity contribution in [3.05, 3.63) is 59.7 Å². The molecule has 0 spiro atoms. The monoisotopic (exact) mass is 390 g/mol. The molecule has 4 rings (SSSR count). The minimum absolute atomic E-state index is 0.130. The van der Waals surface area contributed by atoms with Crippen LogP contribution in [0.3, 0.4) is 0 Å². The molecule has 0 atom stereocenters. The fraction of sp³-hybridized carbons (Fsp3) is 0.300. The maximum Gasteiger partial charge on any atom is 0.251 e. The number of benzene rings is 2. The molecule has 1 saturated heterocycles.